The Labute approximate surface area is 131 Å². The Kier molecular flexibility index (Phi) is 4.67. The van der Waals surface area contributed by atoms with Gasteiger partial charge in [0.15, 0.2) is 0 Å². The number of fused-ring (bicyclic) bond motifs is 1. The second-order valence-electron chi connectivity index (χ2n) is 5.90. The van der Waals surface area contributed by atoms with E-state index in [0.29, 0.717) is 0 Å². The maximum Gasteiger partial charge on any atom is 0.240 e. The number of benzene rings is 2. The lowest BCUT2D eigenvalue weighted by Crippen LogP contribution is -2.50. The molecule has 2 N–H and O–H groups in total. The van der Waals surface area contributed by atoms with Gasteiger partial charge in [-0.15, -0.1) is 0 Å². The third-order valence-electron chi connectivity index (χ3n) is 4.02. The number of rotatable bonds is 5. The van der Waals surface area contributed by atoms with E-state index >= 15 is 0 Å². The fourth-order valence-electron chi connectivity index (χ4n) is 2.19. The number of hydrogen-bond acceptors (Lipinski definition) is 3. The summed E-state index contributed by atoms with van der Waals surface area (Å²) in [6.45, 7) is 5.72. The number of carbonyl (C=O) groups excluding carboxylic acids is 1. The molecule has 4 heteroatoms. The van der Waals surface area contributed by atoms with Crippen LogP contribution in [-0.2, 0) is 4.79 Å². The number of amides is 1. The normalized spacial score (nSPS) is 13.4. The summed E-state index contributed by atoms with van der Waals surface area (Å²) in [7, 11) is 0. The number of nitrogens with zero attached hydrogens (tertiary/aromatic N) is 1. The maximum absolute atomic E-state index is 12.1. The molecule has 22 heavy (non-hydrogen) atoms. The molecule has 1 amide bonds. The van der Waals surface area contributed by atoms with E-state index in [1.54, 1.807) is 6.92 Å². The van der Waals surface area contributed by atoms with Crippen LogP contribution >= 0.6 is 0 Å². The molecule has 0 bridgehead atoms. The van der Waals surface area contributed by atoms with E-state index in [4.69, 9.17) is 0 Å². The highest BCUT2D eigenvalue weighted by Crippen LogP contribution is 2.22. The largest absolute Gasteiger partial charge is 0.376 e. The van der Waals surface area contributed by atoms with Crippen molar-refractivity contribution in [2.45, 2.75) is 26.3 Å². The second kappa shape index (κ2) is 6.48. The molecule has 2 rings (SSSR count). The number of carbonyl (C=O) groups is 1. The minimum atomic E-state index is -0.850. The Morgan fingerprint density at radius 3 is 2.59 bits per heavy atom. The zero-order chi connectivity index (χ0) is 16.2. The van der Waals surface area contributed by atoms with Crippen LogP contribution in [0.25, 0.3) is 10.8 Å². The Balaban J connectivity index is 2.06. The molecule has 0 saturated carbocycles. The van der Waals surface area contributed by atoms with Crippen molar-refractivity contribution in [3.63, 3.8) is 0 Å². The molecule has 2 aromatic carbocycles. The summed E-state index contributed by atoms with van der Waals surface area (Å²) >= 11 is 0. The highest BCUT2D eigenvalue weighted by atomic mass is 16.2. The SMILES string of the molecule is CC(C)[C@@](C)(C#N)NC(=O)CNc1cccc2ccccc12. The van der Waals surface area contributed by atoms with Crippen molar-refractivity contribution < 1.29 is 4.79 Å². The van der Waals surface area contributed by atoms with Gasteiger partial charge in [0.1, 0.15) is 5.54 Å². The maximum atomic E-state index is 12.1. The topological polar surface area (TPSA) is 64.9 Å². The van der Waals surface area contributed by atoms with E-state index < -0.39 is 5.54 Å². The van der Waals surface area contributed by atoms with Crippen LogP contribution in [0, 0.1) is 17.2 Å². The first-order valence-corrected chi connectivity index (χ1v) is 7.40. The summed E-state index contributed by atoms with van der Waals surface area (Å²) in [4.78, 5) is 12.1. The van der Waals surface area contributed by atoms with Crippen LogP contribution in [0.5, 0.6) is 0 Å². The molecule has 4 nitrogen and oxygen atoms in total. The van der Waals surface area contributed by atoms with Gasteiger partial charge < -0.3 is 10.6 Å². The van der Waals surface area contributed by atoms with Crippen molar-refractivity contribution in [2.75, 3.05) is 11.9 Å². The Morgan fingerprint density at radius 1 is 1.23 bits per heavy atom. The van der Waals surface area contributed by atoms with Crippen molar-refractivity contribution >= 4 is 22.4 Å². The first-order chi connectivity index (χ1) is 10.5. The zero-order valence-electron chi connectivity index (χ0n) is 13.2. The lowest BCUT2D eigenvalue weighted by atomic mass is 9.90. The van der Waals surface area contributed by atoms with Gasteiger partial charge in [-0.2, -0.15) is 5.26 Å². The molecule has 1 atom stereocenters. The molecule has 0 unspecified atom stereocenters. The Morgan fingerprint density at radius 2 is 1.91 bits per heavy atom. The van der Waals surface area contributed by atoms with Gasteiger partial charge >= 0.3 is 0 Å². The lowest BCUT2D eigenvalue weighted by molar-refractivity contribution is -0.121. The van der Waals surface area contributed by atoms with Gasteiger partial charge in [-0.25, -0.2) is 0 Å². The van der Waals surface area contributed by atoms with Crippen molar-refractivity contribution in [2.24, 2.45) is 5.92 Å². The van der Waals surface area contributed by atoms with E-state index in [-0.39, 0.29) is 18.4 Å². The molecule has 0 aliphatic heterocycles. The summed E-state index contributed by atoms with van der Waals surface area (Å²) in [5.74, 6) is -0.148. The van der Waals surface area contributed by atoms with Gasteiger partial charge in [-0.3, -0.25) is 4.79 Å². The van der Waals surface area contributed by atoms with Gasteiger partial charge in [0.05, 0.1) is 12.6 Å². The second-order valence-corrected chi connectivity index (χ2v) is 5.90. The standard InChI is InChI=1S/C18H21N3O/c1-13(2)18(3,12-19)21-17(22)11-20-16-10-6-8-14-7-4-5-9-15(14)16/h4-10,13,20H,11H2,1-3H3,(H,21,22)/t18-/m1/s1. The summed E-state index contributed by atoms with van der Waals surface area (Å²) in [5, 5.41) is 17.4. The fourth-order valence-corrected chi connectivity index (χ4v) is 2.19. The predicted octanol–water partition coefficient (Wildman–Crippen LogP) is 3.31. The summed E-state index contributed by atoms with van der Waals surface area (Å²) in [6.07, 6.45) is 0. The molecule has 0 aliphatic carbocycles. The van der Waals surface area contributed by atoms with E-state index in [1.165, 1.54) is 0 Å². The molecule has 2 aromatic rings. The van der Waals surface area contributed by atoms with E-state index in [1.807, 2.05) is 56.3 Å². The van der Waals surface area contributed by atoms with Crippen LogP contribution in [0.1, 0.15) is 20.8 Å². The highest BCUT2D eigenvalue weighted by molar-refractivity contribution is 5.95. The number of anilines is 1. The monoisotopic (exact) mass is 295 g/mol. The van der Waals surface area contributed by atoms with Gasteiger partial charge in [0.25, 0.3) is 0 Å². The van der Waals surface area contributed by atoms with Crippen molar-refractivity contribution in [1.29, 1.82) is 5.26 Å². The van der Waals surface area contributed by atoms with E-state index in [9.17, 15) is 10.1 Å². The number of nitrogens with one attached hydrogen (secondary N) is 2. The van der Waals surface area contributed by atoms with Gasteiger partial charge in [-0.1, -0.05) is 50.2 Å². The van der Waals surface area contributed by atoms with Crippen LogP contribution in [0.3, 0.4) is 0 Å². The summed E-state index contributed by atoms with van der Waals surface area (Å²) in [6, 6.07) is 16.1. The molecule has 114 valence electrons. The Bertz CT molecular complexity index is 712. The summed E-state index contributed by atoms with van der Waals surface area (Å²) < 4.78 is 0. The molecule has 0 radical (unpaired) electrons. The number of hydrogen-bond donors (Lipinski definition) is 2. The third kappa shape index (κ3) is 3.37. The molecule has 0 aliphatic rings. The van der Waals surface area contributed by atoms with Gasteiger partial charge in [-0.05, 0) is 24.3 Å². The number of nitriles is 1. The third-order valence-corrected chi connectivity index (χ3v) is 4.02. The predicted molar refractivity (Wildman–Crippen MR) is 89.4 cm³/mol. The molecule has 0 spiro atoms. The molecule has 0 aromatic heterocycles. The van der Waals surface area contributed by atoms with Crippen molar-refractivity contribution in [3.8, 4) is 6.07 Å². The summed E-state index contributed by atoms with van der Waals surface area (Å²) in [5.41, 5.74) is 0.0637. The Hall–Kier alpha value is -2.54. The molecular formula is C18H21N3O. The average Bonchev–Trinajstić information content (AvgIpc) is 2.52. The van der Waals surface area contributed by atoms with Crippen LogP contribution in [-0.4, -0.2) is 18.0 Å². The highest BCUT2D eigenvalue weighted by Gasteiger charge is 2.29. The van der Waals surface area contributed by atoms with Crippen molar-refractivity contribution in [3.05, 3.63) is 42.5 Å². The molecule has 0 fully saturated rings. The first kappa shape index (κ1) is 15.8. The van der Waals surface area contributed by atoms with Crippen LogP contribution in [0.15, 0.2) is 42.5 Å². The van der Waals surface area contributed by atoms with E-state index in [2.05, 4.69) is 16.7 Å². The fraction of sp³-hybridized carbons (Fsp3) is 0.333. The van der Waals surface area contributed by atoms with Crippen molar-refractivity contribution in [1.82, 2.24) is 5.32 Å². The van der Waals surface area contributed by atoms with Gasteiger partial charge in [0.2, 0.25) is 5.91 Å². The minimum absolute atomic E-state index is 0.0407. The molecular weight excluding hydrogens is 274 g/mol. The molecule has 0 saturated heterocycles. The van der Waals surface area contributed by atoms with Gasteiger partial charge in [0, 0.05) is 11.1 Å². The van der Waals surface area contributed by atoms with E-state index in [0.717, 1.165) is 16.5 Å². The van der Waals surface area contributed by atoms with Crippen LogP contribution in [0.2, 0.25) is 0 Å². The average molecular weight is 295 g/mol. The minimum Gasteiger partial charge on any atom is -0.376 e. The smallest absolute Gasteiger partial charge is 0.240 e. The molecule has 0 heterocycles. The first-order valence-electron chi connectivity index (χ1n) is 7.40. The van der Waals surface area contributed by atoms with Crippen LogP contribution < -0.4 is 10.6 Å². The van der Waals surface area contributed by atoms with Crippen LogP contribution in [0.4, 0.5) is 5.69 Å². The quantitative estimate of drug-likeness (QED) is 0.889. The lowest BCUT2D eigenvalue weighted by Gasteiger charge is -2.27. The zero-order valence-corrected chi connectivity index (χ0v) is 13.2.